The molecule has 1 aliphatic carbocycles. The van der Waals surface area contributed by atoms with Gasteiger partial charge in [-0.05, 0) is 19.3 Å². The summed E-state index contributed by atoms with van der Waals surface area (Å²) in [5.74, 6) is 2.07. The Labute approximate surface area is 107 Å². The minimum absolute atomic E-state index is 0.110. The monoisotopic (exact) mass is 252 g/mol. The first-order chi connectivity index (χ1) is 8.81. The highest BCUT2D eigenvalue weighted by Gasteiger charge is 2.28. The molecule has 0 atom stereocenters. The van der Waals surface area contributed by atoms with Gasteiger partial charge in [0.25, 0.3) is 0 Å². The number of aliphatic hydroxyl groups excluding tert-OH is 1. The Kier molecular flexibility index (Phi) is 4.19. The van der Waals surface area contributed by atoms with Gasteiger partial charge in [-0.25, -0.2) is 9.97 Å². The lowest BCUT2D eigenvalue weighted by Gasteiger charge is -2.38. The fraction of sp³-hybridized carbons (Fsp3) is 0.667. The number of methoxy groups -OCH3 is 1. The van der Waals surface area contributed by atoms with Crippen LogP contribution in [0.5, 0.6) is 5.75 Å². The number of anilines is 2. The lowest BCUT2D eigenvalue weighted by atomic mass is 9.91. The van der Waals surface area contributed by atoms with Crippen molar-refractivity contribution in [2.75, 3.05) is 37.5 Å². The number of hydrogen-bond acceptors (Lipinski definition) is 6. The average Bonchev–Trinajstić information content (AvgIpc) is 2.35. The normalized spacial score (nSPS) is 15.1. The second kappa shape index (κ2) is 5.86. The first-order valence-corrected chi connectivity index (χ1v) is 6.26. The number of ether oxygens (including phenoxy) is 1. The average molecular weight is 252 g/mol. The van der Waals surface area contributed by atoms with Crippen molar-refractivity contribution in [1.29, 1.82) is 0 Å². The fourth-order valence-electron chi connectivity index (χ4n) is 2.20. The molecule has 0 spiro atoms. The highest BCUT2D eigenvalue weighted by Crippen LogP contribution is 2.36. The van der Waals surface area contributed by atoms with Crippen molar-refractivity contribution in [3.63, 3.8) is 0 Å². The maximum atomic E-state index is 9.22. The summed E-state index contributed by atoms with van der Waals surface area (Å²) in [5, 5.41) is 12.2. The van der Waals surface area contributed by atoms with Gasteiger partial charge < -0.3 is 20.1 Å². The second-order valence-electron chi connectivity index (χ2n) is 4.33. The number of aliphatic hydroxyl groups is 1. The van der Waals surface area contributed by atoms with Crippen LogP contribution in [0.15, 0.2) is 6.33 Å². The van der Waals surface area contributed by atoms with Gasteiger partial charge in [0.1, 0.15) is 6.33 Å². The first kappa shape index (κ1) is 12.9. The van der Waals surface area contributed by atoms with Crippen LogP contribution >= 0.6 is 0 Å². The van der Waals surface area contributed by atoms with E-state index in [0.29, 0.717) is 24.2 Å². The maximum Gasteiger partial charge on any atom is 0.204 e. The molecule has 1 aromatic heterocycles. The van der Waals surface area contributed by atoms with Gasteiger partial charge in [-0.1, -0.05) is 0 Å². The van der Waals surface area contributed by atoms with Crippen LogP contribution in [0.25, 0.3) is 0 Å². The molecule has 0 aromatic carbocycles. The van der Waals surface area contributed by atoms with E-state index in [-0.39, 0.29) is 6.61 Å². The molecule has 1 saturated carbocycles. The number of hydrogen-bond donors (Lipinski definition) is 2. The van der Waals surface area contributed by atoms with Crippen molar-refractivity contribution in [2.24, 2.45) is 0 Å². The van der Waals surface area contributed by atoms with Gasteiger partial charge in [-0.2, -0.15) is 0 Å². The minimum atomic E-state index is 0.110. The van der Waals surface area contributed by atoms with Gasteiger partial charge in [0.2, 0.25) is 5.75 Å². The van der Waals surface area contributed by atoms with E-state index in [9.17, 15) is 5.11 Å². The van der Waals surface area contributed by atoms with Crippen LogP contribution in [0.1, 0.15) is 19.3 Å². The van der Waals surface area contributed by atoms with E-state index >= 15 is 0 Å². The Balaban J connectivity index is 2.33. The predicted molar refractivity (Wildman–Crippen MR) is 70.2 cm³/mol. The molecule has 2 rings (SSSR count). The fourth-order valence-corrected chi connectivity index (χ4v) is 2.20. The Bertz CT molecular complexity index is 396. The summed E-state index contributed by atoms with van der Waals surface area (Å²) in [7, 11) is 3.41. The number of aromatic nitrogens is 2. The summed E-state index contributed by atoms with van der Waals surface area (Å²) in [6.07, 6.45) is 5.04. The highest BCUT2D eigenvalue weighted by atomic mass is 16.5. The molecular formula is C12H20N4O2. The van der Waals surface area contributed by atoms with Crippen molar-refractivity contribution in [3.8, 4) is 5.75 Å². The number of rotatable bonds is 6. The molecule has 18 heavy (non-hydrogen) atoms. The van der Waals surface area contributed by atoms with E-state index in [1.165, 1.54) is 12.7 Å². The molecule has 2 N–H and O–H groups in total. The Morgan fingerprint density at radius 2 is 2.28 bits per heavy atom. The van der Waals surface area contributed by atoms with E-state index < -0.39 is 0 Å². The standard InChI is InChI=1S/C12H20N4O2/c1-13-11-10(18-2)12(15-8-14-11)16(6-7-17)9-4-3-5-9/h8-9,17H,3-7H2,1-2H3,(H,13,14,15). The van der Waals surface area contributed by atoms with Crippen LogP contribution in [0, 0.1) is 0 Å². The van der Waals surface area contributed by atoms with Crippen LogP contribution in [0.3, 0.4) is 0 Å². The largest absolute Gasteiger partial charge is 0.490 e. The summed E-state index contributed by atoms with van der Waals surface area (Å²) in [5.41, 5.74) is 0. The summed E-state index contributed by atoms with van der Waals surface area (Å²) < 4.78 is 5.40. The van der Waals surface area contributed by atoms with Crippen LogP contribution in [-0.2, 0) is 0 Å². The summed E-state index contributed by atoms with van der Waals surface area (Å²) >= 11 is 0. The molecule has 1 aromatic rings. The molecule has 0 unspecified atom stereocenters. The quantitative estimate of drug-likeness (QED) is 0.783. The highest BCUT2D eigenvalue weighted by molar-refractivity contribution is 5.65. The van der Waals surface area contributed by atoms with Crippen LogP contribution < -0.4 is 15.0 Å². The molecule has 1 heterocycles. The van der Waals surface area contributed by atoms with E-state index in [4.69, 9.17) is 4.74 Å². The number of nitrogens with one attached hydrogen (secondary N) is 1. The van der Waals surface area contributed by atoms with Crippen molar-refractivity contribution in [2.45, 2.75) is 25.3 Å². The third-order valence-electron chi connectivity index (χ3n) is 3.35. The van der Waals surface area contributed by atoms with Crippen molar-refractivity contribution < 1.29 is 9.84 Å². The molecule has 0 aliphatic heterocycles. The molecule has 1 aliphatic rings. The Morgan fingerprint density at radius 3 is 2.78 bits per heavy atom. The SMILES string of the molecule is CNc1ncnc(N(CCO)C2CCC2)c1OC. The summed E-state index contributed by atoms with van der Waals surface area (Å²) in [6.45, 7) is 0.680. The Morgan fingerprint density at radius 1 is 1.50 bits per heavy atom. The third kappa shape index (κ3) is 2.33. The van der Waals surface area contributed by atoms with E-state index in [2.05, 4.69) is 20.2 Å². The van der Waals surface area contributed by atoms with Gasteiger partial charge in [0.15, 0.2) is 11.6 Å². The lowest BCUT2D eigenvalue weighted by molar-refractivity contribution is 0.281. The Hall–Kier alpha value is -1.56. The smallest absolute Gasteiger partial charge is 0.204 e. The van der Waals surface area contributed by atoms with Crippen LogP contribution in [0.4, 0.5) is 11.6 Å². The third-order valence-corrected chi connectivity index (χ3v) is 3.35. The molecule has 0 amide bonds. The molecule has 6 heteroatoms. The van der Waals surface area contributed by atoms with Crippen molar-refractivity contribution in [1.82, 2.24) is 9.97 Å². The molecule has 1 fully saturated rings. The van der Waals surface area contributed by atoms with Crippen molar-refractivity contribution in [3.05, 3.63) is 6.33 Å². The van der Waals surface area contributed by atoms with Gasteiger partial charge in [0, 0.05) is 19.6 Å². The van der Waals surface area contributed by atoms with Gasteiger partial charge in [-0.15, -0.1) is 0 Å². The molecular weight excluding hydrogens is 232 g/mol. The van der Waals surface area contributed by atoms with Crippen molar-refractivity contribution >= 4 is 11.6 Å². The van der Waals surface area contributed by atoms with E-state index in [1.54, 1.807) is 14.2 Å². The zero-order valence-electron chi connectivity index (χ0n) is 10.9. The molecule has 0 bridgehead atoms. The number of nitrogens with zero attached hydrogens (tertiary/aromatic N) is 3. The maximum absolute atomic E-state index is 9.22. The molecule has 0 radical (unpaired) electrons. The second-order valence-corrected chi connectivity index (χ2v) is 4.33. The van der Waals surface area contributed by atoms with E-state index in [1.807, 2.05) is 0 Å². The molecule has 0 saturated heterocycles. The van der Waals surface area contributed by atoms with Gasteiger partial charge >= 0.3 is 0 Å². The van der Waals surface area contributed by atoms with E-state index in [0.717, 1.165) is 18.7 Å². The van der Waals surface area contributed by atoms with Crippen LogP contribution in [0.2, 0.25) is 0 Å². The zero-order valence-corrected chi connectivity index (χ0v) is 10.9. The topological polar surface area (TPSA) is 70.5 Å². The summed E-state index contributed by atoms with van der Waals surface area (Å²) in [6, 6.07) is 0.450. The van der Waals surface area contributed by atoms with Gasteiger partial charge in [0.05, 0.1) is 13.7 Å². The zero-order chi connectivity index (χ0) is 13.0. The predicted octanol–water partition coefficient (Wildman–Crippen LogP) is 0.878. The molecule has 6 nitrogen and oxygen atoms in total. The van der Waals surface area contributed by atoms with Crippen LogP contribution in [-0.4, -0.2) is 48.4 Å². The lowest BCUT2D eigenvalue weighted by Crippen LogP contribution is -2.42. The molecule has 100 valence electrons. The minimum Gasteiger partial charge on any atom is -0.490 e. The summed E-state index contributed by atoms with van der Waals surface area (Å²) in [4.78, 5) is 10.6. The van der Waals surface area contributed by atoms with Gasteiger partial charge in [-0.3, -0.25) is 0 Å². The first-order valence-electron chi connectivity index (χ1n) is 6.26.